The van der Waals surface area contributed by atoms with Crippen LogP contribution in [0.2, 0.25) is 0 Å². The number of hydrogen-bond acceptors (Lipinski definition) is 7. The number of rotatable bonds is 0. The van der Waals surface area contributed by atoms with E-state index in [0.717, 1.165) is 10.9 Å². The maximum absolute atomic E-state index is 10.1. The lowest BCUT2D eigenvalue weighted by Gasteiger charge is -2.29. The van der Waals surface area contributed by atoms with E-state index < -0.39 is 5.41 Å². The van der Waals surface area contributed by atoms with Crippen molar-refractivity contribution in [2.75, 3.05) is 0 Å². The smallest absolute Gasteiger partial charge is 0.214 e. The standard InChI is InChI=1S/C23H12N6O/c1-12-6-7-16-17(8-12)29-20-18-21(14-5-3-2-4-13(14)19(20)28-16)30-22(27)15(9-24)23(18,10-25)11-26/h2-8H,27H2,1H3. The van der Waals surface area contributed by atoms with Crippen LogP contribution < -0.4 is 10.5 Å². The van der Waals surface area contributed by atoms with Crippen molar-refractivity contribution in [1.29, 1.82) is 15.8 Å². The highest BCUT2D eigenvalue weighted by Crippen LogP contribution is 2.49. The minimum Gasteiger partial charge on any atom is -0.439 e. The van der Waals surface area contributed by atoms with Crippen LogP contribution in [0.25, 0.3) is 32.8 Å². The van der Waals surface area contributed by atoms with Crippen LogP contribution in [0.5, 0.6) is 5.75 Å². The zero-order valence-electron chi connectivity index (χ0n) is 15.8. The van der Waals surface area contributed by atoms with Crippen molar-refractivity contribution in [3.05, 3.63) is 65.0 Å². The lowest BCUT2D eigenvalue weighted by atomic mass is 9.74. The molecule has 0 amide bonds. The molecule has 7 nitrogen and oxygen atoms in total. The lowest BCUT2D eigenvalue weighted by molar-refractivity contribution is 0.392. The normalized spacial score (nSPS) is 14.6. The second kappa shape index (κ2) is 5.91. The Hall–Kier alpha value is -4.67. The zero-order chi connectivity index (χ0) is 21.0. The number of benzene rings is 3. The first-order valence-corrected chi connectivity index (χ1v) is 9.08. The average molecular weight is 388 g/mol. The Morgan fingerprint density at radius 2 is 1.63 bits per heavy atom. The van der Waals surface area contributed by atoms with Gasteiger partial charge in [-0.2, -0.15) is 15.8 Å². The molecule has 140 valence electrons. The van der Waals surface area contributed by atoms with Gasteiger partial charge in [0.1, 0.15) is 22.9 Å². The number of ether oxygens (including phenoxy) is 1. The van der Waals surface area contributed by atoms with Gasteiger partial charge in [-0.1, -0.05) is 30.3 Å². The molecule has 4 aromatic rings. The van der Waals surface area contributed by atoms with Gasteiger partial charge >= 0.3 is 0 Å². The number of allylic oxidation sites excluding steroid dienone is 1. The Labute approximate surface area is 170 Å². The third-order valence-corrected chi connectivity index (χ3v) is 5.37. The molecular formula is C23H12N6O. The van der Waals surface area contributed by atoms with Gasteiger partial charge in [-0.05, 0) is 24.6 Å². The summed E-state index contributed by atoms with van der Waals surface area (Å²) in [5.41, 5.74) is 7.13. The summed E-state index contributed by atoms with van der Waals surface area (Å²) in [7, 11) is 0. The number of fused-ring (bicyclic) bond motifs is 7. The molecule has 1 aliphatic rings. The van der Waals surface area contributed by atoms with Crippen molar-refractivity contribution < 1.29 is 4.74 Å². The van der Waals surface area contributed by atoms with E-state index in [2.05, 4.69) is 0 Å². The number of nitriles is 3. The number of nitrogens with zero attached hydrogens (tertiary/aromatic N) is 5. The van der Waals surface area contributed by atoms with E-state index in [1.165, 1.54) is 0 Å². The van der Waals surface area contributed by atoms with Crippen molar-refractivity contribution in [2.24, 2.45) is 5.73 Å². The first kappa shape index (κ1) is 17.4. The van der Waals surface area contributed by atoms with E-state index in [9.17, 15) is 15.8 Å². The summed E-state index contributed by atoms with van der Waals surface area (Å²) in [6.45, 7) is 1.94. The molecule has 7 heteroatoms. The average Bonchev–Trinajstić information content (AvgIpc) is 2.77. The van der Waals surface area contributed by atoms with E-state index in [0.29, 0.717) is 27.5 Å². The maximum Gasteiger partial charge on any atom is 0.214 e. The molecular weight excluding hydrogens is 376 g/mol. The van der Waals surface area contributed by atoms with Crippen molar-refractivity contribution >= 4 is 32.8 Å². The molecule has 0 bridgehead atoms. The Morgan fingerprint density at radius 3 is 2.33 bits per heavy atom. The third kappa shape index (κ3) is 2.05. The summed E-state index contributed by atoms with van der Waals surface area (Å²) in [5.74, 6) is -0.0128. The van der Waals surface area contributed by atoms with E-state index in [1.807, 2.05) is 61.5 Å². The highest BCUT2D eigenvalue weighted by atomic mass is 16.5. The predicted octanol–water partition coefficient (Wildman–Crippen LogP) is 3.62. The summed E-state index contributed by atoms with van der Waals surface area (Å²) in [4.78, 5) is 9.56. The fraction of sp³-hybridized carbons (Fsp3) is 0.0870. The first-order valence-electron chi connectivity index (χ1n) is 9.08. The topological polar surface area (TPSA) is 132 Å². The molecule has 0 radical (unpaired) electrons. The van der Waals surface area contributed by atoms with E-state index in [4.69, 9.17) is 20.4 Å². The maximum atomic E-state index is 10.1. The van der Waals surface area contributed by atoms with Crippen molar-refractivity contribution in [1.82, 2.24) is 9.97 Å². The highest BCUT2D eigenvalue weighted by Gasteiger charge is 2.48. The molecule has 0 fully saturated rings. The number of nitrogens with two attached hydrogens (primary N) is 1. The second-order valence-corrected chi connectivity index (χ2v) is 7.09. The molecule has 0 spiro atoms. The van der Waals surface area contributed by atoms with Crippen LogP contribution in [-0.2, 0) is 5.41 Å². The van der Waals surface area contributed by atoms with Gasteiger partial charge in [-0.15, -0.1) is 0 Å². The van der Waals surface area contributed by atoms with Crippen molar-refractivity contribution in [3.8, 4) is 24.0 Å². The fourth-order valence-electron chi connectivity index (χ4n) is 3.97. The molecule has 0 unspecified atom stereocenters. The third-order valence-electron chi connectivity index (χ3n) is 5.37. The lowest BCUT2D eigenvalue weighted by Crippen LogP contribution is -2.34. The minimum absolute atomic E-state index is 0.197. The number of aromatic nitrogens is 2. The Kier molecular flexibility index (Phi) is 3.43. The van der Waals surface area contributed by atoms with Crippen molar-refractivity contribution in [2.45, 2.75) is 12.3 Å². The van der Waals surface area contributed by atoms with Crippen LogP contribution in [0.1, 0.15) is 11.1 Å². The van der Waals surface area contributed by atoms with Gasteiger partial charge < -0.3 is 10.5 Å². The van der Waals surface area contributed by atoms with Gasteiger partial charge in [-0.3, -0.25) is 0 Å². The van der Waals surface area contributed by atoms with Crippen LogP contribution in [0.15, 0.2) is 53.9 Å². The summed E-state index contributed by atoms with van der Waals surface area (Å²) in [5, 5.41) is 31.2. The monoisotopic (exact) mass is 388 g/mol. The molecule has 0 saturated carbocycles. The van der Waals surface area contributed by atoms with Gasteiger partial charge in [0.25, 0.3) is 0 Å². The van der Waals surface area contributed by atoms with Crippen LogP contribution in [-0.4, -0.2) is 9.97 Å². The molecule has 0 aliphatic carbocycles. The SMILES string of the molecule is Cc1ccc2nc3c(nc2c1)c1c(c2ccccc23)OC(N)=C(C#N)C1(C#N)C#N. The predicted molar refractivity (Wildman–Crippen MR) is 110 cm³/mol. The molecule has 5 rings (SSSR count). The Balaban J connectivity index is 2.10. The number of aryl methyl sites for hydroxylation is 1. The fourth-order valence-corrected chi connectivity index (χ4v) is 3.97. The summed E-state index contributed by atoms with van der Waals surface area (Å²) in [6.07, 6.45) is 0. The molecule has 30 heavy (non-hydrogen) atoms. The summed E-state index contributed by atoms with van der Waals surface area (Å²) < 4.78 is 5.82. The van der Waals surface area contributed by atoms with E-state index >= 15 is 0 Å². The van der Waals surface area contributed by atoms with Crippen molar-refractivity contribution in [3.63, 3.8) is 0 Å². The molecule has 2 N–H and O–H groups in total. The molecule has 2 heterocycles. The van der Waals surface area contributed by atoms with Gasteiger partial charge in [0.2, 0.25) is 11.3 Å². The van der Waals surface area contributed by atoms with E-state index in [-0.39, 0.29) is 22.8 Å². The quantitative estimate of drug-likeness (QED) is 0.359. The van der Waals surface area contributed by atoms with Crippen LogP contribution in [0, 0.1) is 40.9 Å². The Morgan fingerprint density at radius 1 is 0.933 bits per heavy atom. The molecule has 0 atom stereocenters. The molecule has 1 aromatic heterocycles. The van der Waals surface area contributed by atoms with Gasteiger partial charge in [0.15, 0.2) is 0 Å². The van der Waals surface area contributed by atoms with E-state index in [1.54, 1.807) is 6.07 Å². The first-order chi connectivity index (χ1) is 14.5. The summed E-state index contributed by atoms with van der Waals surface area (Å²) >= 11 is 0. The second-order valence-electron chi connectivity index (χ2n) is 7.09. The van der Waals surface area contributed by atoms with Gasteiger partial charge in [-0.25, -0.2) is 9.97 Å². The molecule has 1 aliphatic heterocycles. The Bertz CT molecular complexity index is 1570. The summed E-state index contributed by atoms with van der Waals surface area (Å²) in [6, 6.07) is 18.9. The van der Waals surface area contributed by atoms with Crippen LogP contribution in [0.4, 0.5) is 0 Å². The molecule has 0 saturated heterocycles. The van der Waals surface area contributed by atoms with Gasteiger partial charge in [0, 0.05) is 10.8 Å². The molecule has 3 aromatic carbocycles. The highest BCUT2D eigenvalue weighted by molar-refractivity contribution is 6.12. The van der Waals surface area contributed by atoms with Gasteiger partial charge in [0.05, 0.1) is 34.3 Å². The zero-order valence-corrected chi connectivity index (χ0v) is 15.8. The minimum atomic E-state index is -1.96. The largest absolute Gasteiger partial charge is 0.439 e. The number of hydrogen-bond donors (Lipinski definition) is 1. The van der Waals surface area contributed by atoms with Crippen LogP contribution >= 0.6 is 0 Å². The van der Waals surface area contributed by atoms with Crippen LogP contribution in [0.3, 0.4) is 0 Å².